The highest BCUT2D eigenvalue weighted by atomic mass is 32.2. The van der Waals surface area contributed by atoms with E-state index in [2.05, 4.69) is 11.4 Å². The van der Waals surface area contributed by atoms with Gasteiger partial charge in [-0.25, -0.2) is 4.98 Å². The van der Waals surface area contributed by atoms with E-state index < -0.39 is 0 Å². The normalized spacial score (nSPS) is 29.2. The fourth-order valence-electron chi connectivity index (χ4n) is 4.40. The van der Waals surface area contributed by atoms with Gasteiger partial charge in [0, 0.05) is 31.2 Å². The molecule has 1 aliphatic carbocycles. The van der Waals surface area contributed by atoms with Gasteiger partial charge in [-0.05, 0) is 67.2 Å². The van der Waals surface area contributed by atoms with E-state index >= 15 is 0 Å². The van der Waals surface area contributed by atoms with Crippen LogP contribution in [0.15, 0.2) is 6.07 Å². The zero-order valence-corrected chi connectivity index (χ0v) is 14.9. The van der Waals surface area contributed by atoms with Crippen LogP contribution < -0.4 is 5.32 Å². The quantitative estimate of drug-likeness (QED) is 0.908. The molecule has 1 aromatic rings. The van der Waals surface area contributed by atoms with Crippen molar-refractivity contribution in [1.29, 1.82) is 5.26 Å². The Morgan fingerprint density at radius 3 is 3.21 bits per heavy atom. The average molecular weight is 343 g/mol. The van der Waals surface area contributed by atoms with Gasteiger partial charge in [0.15, 0.2) is 0 Å². The monoisotopic (exact) mass is 343 g/mol. The van der Waals surface area contributed by atoms with Crippen LogP contribution in [0.5, 0.6) is 0 Å². The first-order valence-electron chi connectivity index (χ1n) is 9.15. The van der Waals surface area contributed by atoms with E-state index in [1.54, 1.807) is 0 Å². The van der Waals surface area contributed by atoms with Crippen molar-refractivity contribution in [3.63, 3.8) is 0 Å². The van der Waals surface area contributed by atoms with Crippen LogP contribution in [-0.2, 0) is 16.9 Å². The highest BCUT2D eigenvalue weighted by Crippen LogP contribution is 2.38. The summed E-state index contributed by atoms with van der Waals surface area (Å²) < 4.78 is 5.62. The minimum absolute atomic E-state index is 0.698. The second-order valence-corrected chi connectivity index (χ2v) is 8.45. The van der Waals surface area contributed by atoms with Crippen LogP contribution >= 0.6 is 11.8 Å². The molecule has 3 heterocycles. The summed E-state index contributed by atoms with van der Waals surface area (Å²) in [4.78, 5) is 4.78. The van der Waals surface area contributed by atoms with Crippen LogP contribution in [0.3, 0.4) is 0 Å². The van der Waals surface area contributed by atoms with Gasteiger partial charge in [-0.3, -0.25) is 0 Å². The molecule has 128 valence electrons. The smallest absolute Gasteiger partial charge is 0.144 e. The Labute approximate surface area is 148 Å². The number of aryl methyl sites for hydroxylation is 1. The molecule has 2 aliphatic heterocycles. The number of fused-ring (bicyclic) bond motifs is 2. The topological polar surface area (TPSA) is 57.9 Å². The first kappa shape index (κ1) is 16.2. The number of hydrogen-bond acceptors (Lipinski definition) is 5. The van der Waals surface area contributed by atoms with Gasteiger partial charge in [0.1, 0.15) is 11.9 Å². The van der Waals surface area contributed by atoms with Crippen LogP contribution in [0, 0.1) is 29.1 Å². The molecule has 3 atom stereocenters. The third kappa shape index (κ3) is 3.41. The first-order chi connectivity index (χ1) is 11.8. The predicted octanol–water partition coefficient (Wildman–Crippen LogP) is 3.61. The second-order valence-electron chi connectivity index (χ2n) is 7.35. The Kier molecular flexibility index (Phi) is 4.96. The van der Waals surface area contributed by atoms with E-state index in [-0.39, 0.29) is 0 Å². The maximum atomic E-state index is 9.46. The summed E-state index contributed by atoms with van der Waals surface area (Å²) in [6, 6.07) is 4.38. The zero-order valence-electron chi connectivity index (χ0n) is 14.1. The summed E-state index contributed by atoms with van der Waals surface area (Å²) in [6.45, 7) is 2.84. The lowest BCUT2D eigenvalue weighted by Crippen LogP contribution is -2.35. The molecule has 2 fully saturated rings. The first-order valence-corrected chi connectivity index (χ1v) is 10.3. The van der Waals surface area contributed by atoms with Crippen molar-refractivity contribution in [2.75, 3.05) is 30.8 Å². The minimum atomic E-state index is 0.698. The third-order valence-electron chi connectivity index (χ3n) is 5.82. The molecule has 0 bridgehead atoms. The molecule has 4 nitrogen and oxygen atoms in total. The van der Waals surface area contributed by atoms with E-state index in [1.807, 2.05) is 17.8 Å². The molecule has 3 unspecified atom stereocenters. The molecule has 1 aromatic heterocycles. The van der Waals surface area contributed by atoms with Gasteiger partial charge in [-0.1, -0.05) is 0 Å². The molecular weight excluding hydrogens is 318 g/mol. The highest BCUT2D eigenvalue weighted by Gasteiger charge is 2.32. The fraction of sp³-hybridized carbons (Fsp3) is 0.684. The van der Waals surface area contributed by atoms with Gasteiger partial charge in [0.05, 0.1) is 5.56 Å². The Bertz CT molecular complexity index is 642. The minimum Gasteiger partial charge on any atom is -0.381 e. The number of nitrogens with zero attached hydrogens (tertiary/aromatic N) is 2. The lowest BCUT2D eigenvalue weighted by molar-refractivity contribution is -0.0116. The number of nitrogens with one attached hydrogen (secondary N) is 1. The number of nitriles is 1. The van der Waals surface area contributed by atoms with Crippen LogP contribution in [0.2, 0.25) is 0 Å². The molecule has 1 saturated carbocycles. The molecule has 4 rings (SSSR count). The van der Waals surface area contributed by atoms with Crippen LogP contribution in [0.25, 0.3) is 0 Å². The van der Waals surface area contributed by atoms with Crippen molar-refractivity contribution in [3.8, 4) is 6.07 Å². The second kappa shape index (κ2) is 7.33. The van der Waals surface area contributed by atoms with Crippen molar-refractivity contribution < 1.29 is 4.74 Å². The summed E-state index contributed by atoms with van der Waals surface area (Å²) in [5, 5.41) is 13.0. The van der Waals surface area contributed by atoms with Crippen molar-refractivity contribution in [2.24, 2.45) is 17.8 Å². The van der Waals surface area contributed by atoms with E-state index in [0.717, 1.165) is 55.3 Å². The van der Waals surface area contributed by atoms with Gasteiger partial charge < -0.3 is 10.1 Å². The number of anilines is 1. The summed E-state index contributed by atoms with van der Waals surface area (Å²) in [7, 11) is 0. The maximum Gasteiger partial charge on any atom is 0.144 e. The highest BCUT2D eigenvalue weighted by molar-refractivity contribution is 7.98. The lowest BCUT2D eigenvalue weighted by Gasteiger charge is -2.39. The zero-order chi connectivity index (χ0) is 16.4. The fourth-order valence-corrected chi connectivity index (χ4v) is 5.35. The molecule has 0 aromatic carbocycles. The number of rotatable bonds is 3. The Morgan fingerprint density at radius 2 is 2.29 bits per heavy atom. The number of hydrogen-bond donors (Lipinski definition) is 1. The van der Waals surface area contributed by atoms with E-state index in [0.29, 0.717) is 11.5 Å². The van der Waals surface area contributed by atoms with Gasteiger partial charge >= 0.3 is 0 Å². The maximum absolute atomic E-state index is 9.46. The van der Waals surface area contributed by atoms with E-state index in [4.69, 9.17) is 9.72 Å². The Balaban J connectivity index is 1.41. The number of aromatic nitrogens is 1. The molecular formula is C19H25N3OS. The van der Waals surface area contributed by atoms with Gasteiger partial charge in [-0.15, -0.1) is 0 Å². The Hall–Kier alpha value is -1.25. The Morgan fingerprint density at radius 1 is 1.33 bits per heavy atom. The van der Waals surface area contributed by atoms with Crippen LogP contribution in [0.4, 0.5) is 5.82 Å². The van der Waals surface area contributed by atoms with Crippen molar-refractivity contribution in [1.82, 2.24) is 4.98 Å². The predicted molar refractivity (Wildman–Crippen MR) is 97.1 cm³/mol. The molecule has 3 aliphatic rings. The van der Waals surface area contributed by atoms with Crippen molar-refractivity contribution >= 4 is 17.6 Å². The number of pyridine rings is 1. The molecule has 1 N–H and O–H groups in total. The molecule has 5 heteroatoms. The summed E-state index contributed by atoms with van der Waals surface area (Å²) in [5.74, 6) is 5.25. The SMILES string of the molecule is N#Cc1cc2c(nc1NCC1CCC3COCCC3C1)CCSC2. The largest absolute Gasteiger partial charge is 0.381 e. The van der Waals surface area contributed by atoms with Gasteiger partial charge in [0.2, 0.25) is 0 Å². The van der Waals surface area contributed by atoms with Crippen molar-refractivity contribution in [2.45, 2.75) is 37.9 Å². The standard InChI is InChI=1S/C19H25N3OS/c20-9-16-8-17-12-24-6-4-18(17)22-19(16)21-10-13-1-2-15-11-23-5-3-14(15)7-13/h8,13-15H,1-7,10-12H2,(H,21,22). The molecule has 24 heavy (non-hydrogen) atoms. The third-order valence-corrected chi connectivity index (χ3v) is 6.83. The van der Waals surface area contributed by atoms with E-state index in [1.165, 1.54) is 36.9 Å². The van der Waals surface area contributed by atoms with Crippen LogP contribution in [-0.4, -0.2) is 30.5 Å². The number of thioether (sulfide) groups is 1. The summed E-state index contributed by atoms with van der Waals surface area (Å²) in [5.41, 5.74) is 3.13. The average Bonchev–Trinajstić information content (AvgIpc) is 2.65. The molecule has 1 saturated heterocycles. The molecule has 0 amide bonds. The number of ether oxygens (including phenoxy) is 1. The molecule has 0 spiro atoms. The van der Waals surface area contributed by atoms with Crippen molar-refractivity contribution in [3.05, 3.63) is 22.9 Å². The summed E-state index contributed by atoms with van der Waals surface area (Å²) in [6.07, 6.45) is 6.09. The van der Waals surface area contributed by atoms with Crippen LogP contribution in [0.1, 0.15) is 42.5 Å². The van der Waals surface area contributed by atoms with E-state index in [9.17, 15) is 5.26 Å². The lowest BCUT2D eigenvalue weighted by atomic mass is 9.72. The summed E-state index contributed by atoms with van der Waals surface area (Å²) >= 11 is 1.93. The molecule has 0 radical (unpaired) electrons. The van der Waals surface area contributed by atoms with Gasteiger partial charge in [-0.2, -0.15) is 17.0 Å². The van der Waals surface area contributed by atoms with Gasteiger partial charge in [0.25, 0.3) is 0 Å².